The molecule has 0 bridgehead atoms. The molecule has 2 rings (SSSR count). The van der Waals surface area contributed by atoms with E-state index in [0.717, 1.165) is 89.4 Å². The molecule has 1 saturated heterocycles. The summed E-state index contributed by atoms with van der Waals surface area (Å²) < 4.78 is 16.4. The molecular weight excluding hydrogens is 496 g/mol. The molecule has 9 nitrogen and oxygen atoms in total. The number of unbranched alkanes of at least 4 members (excludes halogenated alkanes) is 7. The second-order valence-corrected chi connectivity index (χ2v) is 10.1. The first-order chi connectivity index (χ1) is 19.2. The molecule has 3 N–H and O–H groups in total. The van der Waals surface area contributed by atoms with Crippen molar-refractivity contribution in [2.75, 3.05) is 72.1 Å². The van der Waals surface area contributed by atoms with Crippen LogP contribution >= 0.6 is 0 Å². The fourth-order valence-electron chi connectivity index (χ4n) is 4.40. The number of rotatable bonds is 17. The highest BCUT2D eigenvalue weighted by Gasteiger charge is 2.12. The molecule has 1 fully saturated rings. The van der Waals surface area contributed by atoms with Crippen LogP contribution in [0.3, 0.4) is 0 Å². The molecule has 1 aliphatic rings. The van der Waals surface area contributed by atoms with Crippen molar-refractivity contribution in [2.24, 2.45) is 0 Å². The van der Waals surface area contributed by atoms with E-state index in [1.165, 1.54) is 25.7 Å². The van der Waals surface area contributed by atoms with Crippen molar-refractivity contribution in [3.8, 4) is 5.75 Å². The van der Waals surface area contributed by atoms with Crippen molar-refractivity contribution in [1.29, 1.82) is 0 Å². The maximum Gasteiger partial charge on any atom is 0.320 e. The summed E-state index contributed by atoms with van der Waals surface area (Å²) in [6.45, 7) is 10.7. The second kappa shape index (κ2) is 22.6. The van der Waals surface area contributed by atoms with E-state index in [-0.39, 0.29) is 18.5 Å². The van der Waals surface area contributed by atoms with Crippen molar-refractivity contribution in [2.45, 2.75) is 71.3 Å². The van der Waals surface area contributed by atoms with Gasteiger partial charge in [-0.3, -0.25) is 14.5 Å². The van der Waals surface area contributed by atoms with Crippen LogP contribution in [0.1, 0.15) is 70.3 Å². The van der Waals surface area contributed by atoms with Crippen molar-refractivity contribution in [3.63, 3.8) is 0 Å². The number of esters is 2. The van der Waals surface area contributed by atoms with Crippen LogP contribution in [-0.2, 0) is 25.7 Å². The Morgan fingerprint density at radius 1 is 0.718 bits per heavy atom. The zero-order valence-electron chi connectivity index (χ0n) is 24.1. The lowest BCUT2D eigenvalue weighted by molar-refractivity contribution is -0.146. The average molecular weight is 549 g/mol. The number of hydrogen-bond acceptors (Lipinski definition) is 9. The monoisotopic (exact) mass is 548 g/mol. The predicted octanol–water partition coefficient (Wildman–Crippen LogP) is 3.27. The van der Waals surface area contributed by atoms with Crippen LogP contribution in [-0.4, -0.2) is 89.0 Å². The number of carbonyl (C=O) groups is 2. The molecule has 1 aromatic carbocycles. The van der Waals surface area contributed by atoms with Crippen molar-refractivity contribution in [3.05, 3.63) is 29.8 Å². The molecule has 0 aliphatic carbocycles. The van der Waals surface area contributed by atoms with Crippen LogP contribution in [0.25, 0.3) is 0 Å². The van der Waals surface area contributed by atoms with E-state index in [1.807, 2.05) is 31.2 Å². The van der Waals surface area contributed by atoms with Crippen LogP contribution in [0.15, 0.2) is 24.3 Å². The lowest BCUT2D eigenvalue weighted by Crippen LogP contribution is -2.43. The van der Waals surface area contributed by atoms with Gasteiger partial charge in [-0.25, -0.2) is 0 Å². The van der Waals surface area contributed by atoms with Gasteiger partial charge in [0.05, 0.1) is 19.8 Å². The van der Waals surface area contributed by atoms with E-state index in [2.05, 4.69) is 20.9 Å². The summed E-state index contributed by atoms with van der Waals surface area (Å²) in [6.07, 6.45) is 9.64. The van der Waals surface area contributed by atoms with Gasteiger partial charge in [-0.05, 0) is 37.5 Å². The maximum absolute atomic E-state index is 12.4. The highest BCUT2D eigenvalue weighted by atomic mass is 16.5. The number of carbonyl (C=O) groups excluding carboxylic acids is 2. The Bertz CT molecular complexity index is 750. The van der Waals surface area contributed by atoms with Crippen molar-refractivity contribution in [1.82, 2.24) is 20.9 Å². The standard InChI is InChI=1S/C30H52N4O5/c1-2-37-29(35)11-9-7-5-3-4-6-8-10-24-38-28-14-12-27(13-15-28)26-39-30(36)25-34-22-20-32-18-16-31-17-19-33-21-23-34/h12-15,31-33H,2-11,16-26H2,1H3. The van der Waals surface area contributed by atoms with Crippen molar-refractivity contribution < 1.29 is 23.8 Å². The summed E-state index contributed by atoms with van der Waals surface area (Å²) in [5.74, 6) is 0.581. The molecule has 0 radical (unpaired) electrons. The average Bonchev–Trinajstić information content (AvgIpc) is 2.93. The van der Waals surface area contributed by atoms with Crippen LogP contribution in [0.2, 0.25) is 0 Å². The molecule has 222 valence electrons. The zero-order chi connectivity index (χ0) is 27.8. The molecule has 0 aromatic heterocycles. The third-order valence-electron chi connectivity index (χ3n) is 6.69. The Labute approximate surface area is 235 Å². The molecule has 1 aliphatic heterocycles. The molecule has 1 aromatic rings. The smallest absolute Gasteiger partial charge is 0.320 e. The molecule has 0 amide bonds. The molecule has 0 atom stereocenters. The predicted molar refractivity (Wildman–Crippen MR) is 155 cm³/mol. The molecule has 1 heterocycles. The summed E-state index contributed by atoms with van der Waals surface area (Å²) in [5.41, 5.74) is 0.961. The first kappa shape index (κ1) is 33.0. The molecule has 0 spiro atoms. The van der Waals surface area contributed by atoms with Crippen LogP contribution < -0.4 is 20.7 Å². The molecule has 0 unspecified atom stereocenters. The van der Waals surface area contributed by atoms with Gasteiger partial charge >= 0.3 is 11.9 Å². The Morgan fingerprint density at radius 2 is 1.28 bits per heavy atom. The van der Waals surface area contributed by atoms with E-state index in [9.17, 15) is 9.59 Å². The number of ether oxygens (including phenoxy) is 3. The fourth-order valence-corrected chi connectivity index (χ4v) is 4.40. The van der Waals surface area contributed by atoms with Gasteiger partial charge in [0, 0.05) is 58.8 Å². The largest absolute Gasteiger partial charge is 0.494 e. The Morgan fingerprint density at radius 3 is 1.90 bits per heavy atom. The second-order valence-electron chi connectivity index (χ2n) is 10.1. The molecule has 9 heteroatoms. The maximum atomic E-state index is 12.4. The van der Waals surface area contributed by atoms with E-state index in [4.69, 9.17) is 14.2 Å². The van der Waals surface area contributed by atoms with Crippen LogP contribution in [0.5, 0.6) is 5.75 Å². The van der Waals surface area contributed by atoms with Gasteiger partial charge in [-0.1, -0.05) is 50.7 Å². The number of nitrogens with zero attached hydrogens (tertiary/aromatic N) is 1. The normalized spacial score (nSPS) is 15.6. The van der Waals surface area contributed by atoms with Crippen LogP contribution in [0.4, 0.5) is 0 Å². The Hall–Kier alpha value is -2.20. The summed E-state index contributed by atoms with van der Waals surface area (Å²) in [4.78, 5) is 25.9. The van der Waals surface area contributed by atoms with E-state index < -0.39 is 0 Å². The SMILES string of the molecule is CCOC(=O)CCCCCCCCCCOc1ccc(COC(=O)CN2CCNCCNCCNCC2)cc1. The summed E-state index contributed by atoms with van der Waals surface area (Å²) in [6, 6.07) is 7.81. The minimum Gasteiger partial charge on any atom is -0.494 e. The van der Waals surface area contributed by atoms with Gasteiger partial charge in [0.1, 0.15) is 12.4 Å². The van der Waals surface area contributed by atoms with Crippen molar-refractivity contribution >= 4 is 11.9 Å². The highest BCUT2D eigenvalue weighted by Crippen LogP contribution is 2.15. The first-order valence-electron chi connectivity index (χ1n) is 15.0. The third kappa shape index (κ3) is 17.9. The summed E-state index contributed by atoms with van der Waals surface area (Å²) in [7, 11) is 0. The number of benzene rings is 1. The first-order valence-corrected chi connectivity index (χ1v) is 15.0. The quantitative estimate of drug-likeness (QED) is 0.200. The number of hydrogen-bond donors (Lipinski definition) is 3. The summed E-state index contributed by atoms with van der Waals surface area (Å²) >= 11 is 0. The lowest BCUT2D eigenvalue weighted by atomic mass is 10.1. The van der Waals surface area contributed by atoms with E-state index in [0.29, 0.717) is 26.2 Å². The summed E-state index contributed by atoms with van der Waals surface area (Å²) in [5, 5.41) is 10.2. The van der Waals surface area contributed by atoms with Gasteiger partial charge in [0.15, 0.2) is 0 Å². The lowest BCUT2D eigenvalue weighted by Gasteiger charge is -2.22. The molecule has 39 heavy (non-hydrogen) atoms. The van der Waals surface area contributed by atoms with Gasteiger partial charge in [-0.15, -0.1) is 0 Å². The Kier molecular flexibility index (Phi) is 19.1. The minimum absolute atomic E-state index is 0.0739. The van der Waals surface area contributed by atoms with E-state index in [1.54, 1.807) is 0 Å². The van der Waals surface area contributed by atoms with Gasteiger partial charge < -0.3 is 30.2 Å². The fraction of sp³-hybridized carbons (Fsp3) is 0.733. The van der Waals surface area contributed by atoms with Gasteiger partial charge in [-0.2, -0.15) is 0 Å². The van der Waals surface area contributed by atoms with Gasteiger partial charge in [0.25, 0.3) is 0 Å². The highest BCUT2D eigenvalue weighted by molar-refractivity contribution is 5.71. The Balaban J connectivity index is 1.50. The molecular formula is C30H52N4O5. The minimum atomic E-state index is -0.194. The number of nitrogens with one attached hydrogen (secondary N) is 3. The zero-order valence-corrected chi connectivity index (χ0v) is 24.1. The van der Waals surface area contributed by atoms with E-state index >= 15 is 0 Å². The topological polar surface area (TPSA) is 101 Å². The van der Waals surface area contributed by atoms with Crippen LogP contribution in [0, 0.1) is 0 Å². The third-order valence-corrected chi connectivity index (χ3v) is 6.69. The molecule has 0 saturated carbocycles. The van der Waals surface area contributed by atoms with Gasteiger partial charge in [0.2, 0.25) is 0 Å².